The van der Waals surface area contributed by atoms with E-state index in [0.717, 1.165) is 11.3 Å². The maximum Gasteiger partial charge on any atom is 0.330 e. The van der Waals surface area contributed by atoms with Crippen molar-refractivity contribution >= 4 is 23.6 Å². The van der Waals surface area contributed by atoms with Crippen molar-refractivity contribution in [3.05, 3.63) is 35.9 Å². The van der Waals surface area contributed by atoms with E-state index < -0.39 is 5.97 Å². The minimum absolute atomic E-state index is 0.0658. The summed E-state index contributed by atoms with van der Waals surface area (Å²) in [6.07, 6.45) is 2.95. The molecule has 0 atom stereocenters. The fourth-order valence-corrected chi connectivity index (χ4v) is 1.33. The Balaban J connectivity index is 3.04. The third kappa shape index (κ3) is 3.45. The minimum atomic E-state index is -0.426. The fraction of sp³-hybridized carbons (Fsp3) is 0.231. The van der Waals surface area contributed by atoms with E-state index >= 15 is 0 Å². The lowest BCUT2D eigenvalue weighted by Crippen LogP contribution is -2.23. The Labute approximate surface area is 100 Å². The number of carbonyl (C=O) groups excluding carboxylic acids is 2. The second-order valence-electron chi connectivity index (χ2n) is 3.49. The van der Waals surface area contributed by atoms with Crippen LogP contribution in [-0.4, -0.2) is 26.0 Å². The summed E-state index contributed by atoms with van der Waals surface area (Å²) >= 11 is 0. The molecule has 1 rings (SSSR count). The molecule has 0 N–H and O–H groups in total. The molecule has 17 heavy (non-hydrogen) atoms. The third-order valence-corrected chi connectivity index (χ3v) is 2.37. The summed E-state index contributed by atoms with van der Waals surface area (Å²) in [5.74, 6) is -0.491. The molecule has 0 aliphatic carbocycles. The molecule has 0 saturated heterocycles. The zero-order valence-electron chi connectivity index (χ0n) is 10.1. The second kappa shape index (κ2) is 5.84. The van der Waals surface area contributed by atoms with Crippen molar-refractivity contribution in [1.29, 1.82) is 0 Å². The van der Waals surface area contributed by atoms with E-state index in [9.17, 15) is 9.59 Å². The number of carbonyl (C=O) groups is 2. The van der Waals surface area contributed by atoms with Crippen molar-refractivity contribution in [1.82, 2.24) is 0 Å². The first-order chi connectivity index (χ1) is 8.06. The molecule has 4 heteroatoms. The number of methoxy groups -OCH3 is 1. The van der Waals surface area contributed by atoms with Gasteiger partial charge in [-0.2, -0.15) is 0 Å². The predicted octanol–water partition coefficient (Wildman–Crippen LogP) is 1.86. The Morgan fingerprint density at radius 2 is 1.94 bits per heavy atom. The predicted molar refractivity (Wildman–Crippen MR) is 66.6 cm³/mol. The van der Waals surface area contributed by atoms with Gasteiger partial charge in [0, 0.05) is 20.0 Å². The van der Waals surface area contributed by atoms with Gasteiger partial charge in [-0.25, -0.2) is 4.79 Å². The number of rotatable bonds is 3. The molecular weight excluding hydrogens is 218 g/mol. The molecule has 4 nitrogen and oxygen atoms in total. The van der Waals surface area contributed by atoms with Crippen molar-refractivity contribution < 1.29 is 14.3 Å². The number of hydrogen-bond acceptors (Lipinski definition) is 3. The third-order valence-electron chi connectivity index (χ3n) is 2.37. The molecule has 0 unspecified atom stereocenters. The first-order valence-electron chi connectivity index (χ1n) is 5.15. The summed E-state index contributed by atoms with van der Waals surface area (Å²) in [5.41, 5.74) is 1.54. The molecule has 90 valence electrons. The molecule has 0 saturated carbocycles. The second-order valence-corrected chi connectivity index (χ2v) is 3.49. The Hall–Kier alpha value is -2.10. The lowest BCUT2D eigenvalue weighted by molar-refractivity contribution is -0.134. The maximum atomic E-state index is 11.3. The van der Waals surface area contributed by atoms with Gasteiger partial charge in [0.15, 0.2) is 0 Å². The van der Waals surface area contributed by atoms with Crippen LogP contribution >= 0.6 is 0 Å². The molecule has 1 aromatic carbocycles. The summed E-state index contributed by atoms with van der Waals surface area (Å²) in [7, 11) is 3.01. The highest BCUT2D eigenvalue weighted by atomic mass is 16.5. The Bertz CT molecular complexity index is 452. The van der Waals surface area contributed by atoms with E-state index in [0.29, 0.717) is 0 Å². The number of esters is 1. The Kier molecular flexibility index (Phi) is 4.46. The average Bonchev–Trinajstić information content (AvgIpc) is 2.35. The molecule has 0 heterocycles. The van der Waals surface area contributed by atoms with Gasteiger partial charge in [-0.15, -0.1) is 0 Å². The first-order valence-corrected chi connectivity index (χ1v) is 5.15. The average molecular weight is 233 g/mol. The molecule has 1 aromatic rings. The molecule has 0 aliphatic rings. The molecule has 1 amide bonds. The van der Waals surface area contributed by atoms with Gasteiger partial charge in [-0.05, 0) is 17.7 Å². The van der Waals surface area contributed by atoms with Gasteiger partial charge >= 0.3 is 5.97 Å². The highest BCUT2D eigenvalue weighted by Gasteiger charge is 2.08. The number of ether oxygens (including phenoxy) is 1. The van der Waals surface area contributed by atoms with Crippen LogP contribution in [0.2, 0.25) is 0 Å². The number of benzene rings is 1. The van der Waals surface area contributed by atoms with Gasteiger partial charge in [0.25, 0.3) is 0 Å². The fourth-order valence-electron chi connectivity index (χ4n) is 1.33. The van der Waals surface area contributed by atoms with E-state index in [1.165, 1.54) is 25.0 Å². The minimum Gasteiger partial charge on any atom is -0.466 e. The van der Waals surface area contributed by atoms with Crippen LogP contribution in [0.4, 0.5) is 5.69 Å². The summed E-state index contributed by atoms with van der Waals surface area (Å²) in [5, 5.41) is 0. The van der Waals surface area contributed by atoms with Gasteiger partial charge in [0.2, 0.25) is 5.91 Å². The van der Waals surface area contributed by atoms with E-state index in [2.05, 4.69) is 4.74 Å². The van der Waals surface area contributed by atoms with Gasteiger partial charge in [-0.1, -0.05) is 18.2 Å². The standard InChI is InChI=1S/C13H15NO3/c1-10(15)14(2)12-7-5-4-6-11(12)8-9-13(16)17-3/h4-9H,1-3H3/b9-8+. The Morgan fingerprint density at radius 3 is 2.53 bits per heavy atom. The van der Waals surface area contributed by atoms with E-state index in [4.69, 9.17) is 0 Å². The monoisotopic (exact) mass is 233 g/mol. The van der Waals surface area contributed by atoms with Crippen LogP contribution in [0.3, 0.4) is 0 Å². The molecule has 0 radical (unpaired) electrons. The van der Waals surface area contributed by atoms with Crippen LogP contribution in [0.1, 0.15) is 12.5 Å². The molecule has 0 fully saturated rings. The zero-order valence-corrected chi connectivity index (χ0v) is 10.1. The molecule has 0 aliphatic heterocycles. The molecule has 0 spiro atoms. The lowest BCUT2D eigenvalue weighted by atomic mass is 10.1. The van der Waals surface area contributed by atoms with Crippen molar-refractivity contribution in [3.8, 4) is 0 Å². The van der Waals surface area contributed by atoms with Crippen LogP contribution in [0, 0.1) is 0 Å². The SMILES string of the molecule is COC(=O)/C=C/c1ccccc1N(C)C(C)=O. The van der Waals surface area contributed by atoms with E-state index in [-0.39, 0.29) is 5.91 Å². The van der Waals surface area contributed by atoms with Gasteiger partial charge in [0.1, 0.15) is 0 Å². The van der Waals surface area contributed by atoms with Gasteiger partial charge in [-0.3, -0.25) is 4.79 Å². The zero-order chi connectivity index (χ0) is 12.8. The Morgan fingerprint density at radius 1 is 1.29 bits per heavy atom. The van der Waals surface area contributed by atoms with Crippen LogP contribution in [0.25, 0.3) is 6.08 Å². The summed E-state index contributed by atoms with van der Waals surface area (Å²) in [6, 6.07) is 7.32. The largest absolute Gasteiger partial charge is 0.466 e. The van der Waals surface area contributed by atoms with Gasteiger partial charge < -0.3 is 9.64 Å². The highest BCUT2D eigenvalue weighted by Crippen LogP contribution is 2.20. The summed E-state index contributed by atoms with van der Waals surface area (Å²) < 4.78 is 4.51. The van der Waals surface area contributed by atoms with Crippen molar-refractivity contribution in [3.63, 3.8) is 0 Å². The van der Waals surface area contributed by atoms with Crippen LogP contribution < -0.4 is 4.90 Å². The topological polar surface area (TPSA) is 46.6 Å². The molecule has 0 aromatic heterocycles. The van der Waals surface area contributed by atoms with Crippen LogP contribution in [0.15, 0.2) is 30.3 Å². The number of anilines is 1. The lowest BCUT2D eigenvalue weighted by Gasteiger charge is -2.17. The number of hydrogen-bond donors (Lipinski definition) is 0. The highest BCUT2D eigenvalue weighted by molar-refractivity contribution is 5.95. The quantitative estimate of drug-likeness (QED) is 0.591. The van der Waals surface area contributed by atoms with Crippen LogP contribution in [-0.2, 0) is 14.3 Å². The van der Waals surface area contributed by atoms with Crippen LogP contribution in [0.5, 0.6) is 0 Å². The number of amides is 1. The van der Waals surface area contributed by atoms with E-state index in [1.54, 1.807) is 13.1 Å². The molecular formula is C13H15NO3. The summed E-state index contributed by atoms with van der Waals surface area (Å²) in [4.78, 5) is 23.8. The normalized spacial score (nSPS) is 10.3. The van der Waals surface area contributed by atoms with E-state index in [1.807, 2.05) is 24.3 Å². The smallest absolute Gasteiger partial charge is 0.330 e. The van der Waals surface area contributed by atoms with Gasteiger partial charge in [0.05, 0.1) is 12.8 Å². The van der Waals surface area contributed by atoms with Crippen molar-refractivity contribution in [2.45, 2.75) is 6.92 Å². The maximum absolute atomic E-state index is 11.3. The van der Waals surface area contributed by atoms with Crippen molar-refractivity contribution in [2.75, 3.05) is 19.1 Å². The number of nitrogens with zero attached hydrogens (tertiary/aromatic N) is 1. The first kappa shape index (κ1) is 13.0. The molecule has 0 bridgehead atoms. The number of para-hydroxylation sites is 1. The van der Waals surface area contributed by atoms with Crippen molar-refractivity contribution in [2.24, 2.45) is 0 Å². The summed E-state index contributed by atoms with van der Waals surface area (Å²) in [6.45, 7) is 1.49.